The SMILES string of the molecule is C=C/C=N/N1CCc2ccccc2C1.C=CC. The summed E-state index contributed by atoms with van der Waals surface area (Å²) in [6.07, 6.45) is 6.29. The van der Waals surface area contributed by atoms with Gasteiger partial charge in [-0.3, -0.25) is 5.01 Å². The quantitative estimate of drug-likeness (QED) is 0.559. The first-order valence-corrected chi connectivity index (χ1v) is 5.85. The number of rotatable bonds is 2. The molecule has 0 radical (unpaired) electrons. The average molecular weight is 228 g/mol. The number of nitrogens with zero attached hydrogens (tertiary/aromatic N) is 2. The average Bonchev–Trinajstić information content (AvgIpc) is 2.37. The summed E-state index contributed by atoms with van der Waals surface area (Å²) in [6, 6.07) is 8.55. The van der Waals surface area contributed by atoms with Crippen molar-refractivity contribution in [2.45, 2.75) is 19.9 Å². The van der Waals surface area contributed by atoms with Gasteiger partial charge >= 0.3 is 0 Å². The Morgan fingerprint density at radius 3 is 2.53 bits per heavy atom. The van der Waals surface area contributed by atoms with Crippen LogP contribution in [0.5, 0.6) is 0 Å². The van der Waals surface area contributed by atoms with Gasteiger partial charge in [0.1, 0.15) is 0 Å². The fraction of sp³-hybridized carbons (Fsp3) is 0.267. The van der Waals surface area contributed by atoms with Crippen molar-refractivity contribution in [3.05, 3.63) is 60.7 Å². The minimum Gasteiger partial charge on any atom is -0.292 e. The molecule has 2 rings (SSSR count). The third-order valence-corrected chi connectivity index (χ3v) is 2.45. The van der Waals surface area contributed by atoms with Gasteiger partial charge in [-0.15, -0.1) is 6.58 Å². The second kappa shape index (κ2) is 7.44. The Morgan fingerprint density at radius 2 is 1.88 bits per heavy atom. The second-order valence-electron chi connectivity index (χ2n) is 3.82. The van der Waals surface area contributed by atoms with Gasteiger partial charge < -0.3 is 0 Å². The van der Waals surface area contributed by atoms with Crippen molar-refractivity contribution in [3.63, 3.8) is 0 Å². The van der Waals surface area contributed by atoms with Gasteiger partial charge in [0.05, 0.1) is 6.54 Å². The Morgan fingerprint density at radius 1 is 1.24 bits per heavy atom. The molecule has 0 saturated heterocycles. The molecule has 1 aromatic rings. The van der Waals surface area contributed by atoms with E-state index in [-0.39, 0.29) is 0 Å². The van der Waals surface area contributed by atoms with Crippen LogP contribution >= 0.6 is 0 Å². The molecule has 0 N–H and O–H groups in total. The van der Waals surface area contributed by atoms with Crippen LogP contribution in [-0.4, -0.2) is 17.8 Å². The molecule has 0 amide bonds. The van der Waals surface area contributed by atoms with Crippen molar-refractivity contribution in [2.75, 3.05) is 6.54 Å². The molecule has 2 nitrogen and oxygen atoms in total. The maximum atomic E-state index is 4.29. The largest absolute Gasteiger partial charge is 0.292 e. The van der Waals surface area contributed by atoms with Crippen LogP contribution in [0.2, 0.25) is 0 Å². The Bertz CT molecular complexity index is 394. The lowest BCUT2D eigenvalue weighted by atomic mass is 10.0. The molecule has 90 valence electrons. The van der Waals surface area contributed by atoms with E-state index in [1.54, 1.807) is 18.4 Å². The summed E-state index contributed by atoms with van der Waals surface area (Å²) in [7, 11) is 0. The molecular weight excluding hydrogens is 208 g/mol. The van der Waals surface area contributed by atoms with Gasteiger partial charge in [-0.1, -0.05) is 36.9 Å². The highest BCUT2D eigenvalue weighted by Crippen LogP contribution is 2.18. The normalized spacial score (nSPS) is 13.6. The fourth-order valence-corrected chi connectivity index (χ4v) is 1.72. The van der Waals surface area contributed by atoms with Crippen molar-refractivity contribution in [1.82, 2.24) is 5.01 Å². The van der Waals surface area contributed by atoms with Crippen molar-refractivity contribution in [3.8, 4) is 0 Å². The Hall–Kier alpha value is -1.83. The molecule has 0 aliphatic carbocycles. The Balaban J connectivity index is 0.000000437. The van der Waals surface area contributed by atoms with Crippen LogP contribution in [0.25, 0.3) is 0 Å². The van der Waals surface area contributed by atoms with Crippen LogP contribution in [0.4, 0.5) is 0 Å². The lowest BCUT2D eigenvalue weighted by Crippen LogP contribution is -2.25. The Kier molecular flexibility index (Phi) is 5.80. The minimum atomic E-state index is 0.917. The van der Waals surface area contributed by atoms with Gasteiger partial charge in [0, 0.05) is 12.8 Å². The van der Waals surface area contributed by atoms with Crippen LogP contribution in [0.1, 0.15) is 18.1 Å². The second-order valence-corrected chi connectivity index (χ2v) is 3.82. The molecule has 0 saturated carbocycles. The standard InChI is InChI=1S/C12H14N2.C3H6/c1-2-8-13-14-9-7-11-5-3-4-6-12(11)10-14;1-3-2/h2-6,8H,1,7,9-10H2;3H,1H2,2H3/b13-8+;. The van der Waals surface area contributed by atoms with E-state index in [1.165, 1.54) is 11.1 Å². The summed E-state index contributed by atoms with van der Waals surface area (Å²) in [4.78, 5) is 0. The van der Waals surface area contributed by atoms with E-state index in [2.05, 4.69) is 47.5 Å². The summed E-state index contributed by atoms with van der Waals surface area (Å²) in [5.74, 6) is 0. The molecule has 0 atom stereocenters. The molecule has 0 bridgehead atoms. The predicted molar refractivity (Wildman–Crippen MR) is 75.1 cm³/mol. The maximum absolute atomic E-state index is 4.29. The van der Waals surface area contributed by atoms with E-state index in [0.29, 0.717) is 0 Å². The predicted octanol–water partition coefficient (Wildman–Crippen LogP) is 3.41. The fourth-order valence-electron chi connectivity index (χ4n) is 1.72. The highest BCUT2D eigenvalue weighted by molar-refractivity contribution is 5.69. The molecule has 1 aliphatic rings. The highest BCUT2D eigenvalue weighted by Gasteiger charge is 2.12. The summed E-state index contributed by atoms with van der Waals surface area (Å²) in [5.41, 5.74) is 2.84. The van der Waals surface area contributed by atoms with Gasteiger partial charge in [-0.2, -0.15) is 5.10 Å². The number of hydrogen-bond donors (Lipinski definition) is 0. The van der Waals surface area contributed by atoms with E-state index < -0.39 is 0 Å². The van der Waals surface area contributed by atoms with Crippen LogP contribution in [0.3, 0.4) is 0 Å². The molecule has 1 heterocycles. The van der Waals surface area contributed by atoms with Crippen molar-refractivity contribution in [1.29, 1.82) is 0 Å². The van der Waals surface area contributed by atoms with Gasteiger partial charge in [-0.05, 0) is 30.5 Å². The summed E-state index contributed by atoms with van der Waals surface area (Å²) >= 11 is 0. The maximum Gasteiger partial charge on any atom is 0.0613 e. The first kappa shape index (κ1) is 13.2. The van der Waals surface area contributed by atoms with Crippen molar-refractivity contribution in [2.24, 2.45) is 5.10 Å². The van der Waals surface area contributed by atoms with E-state index in [1.807, 2.05) is 6.92 Å². The molecule has 1 aromatic carbocycles. The zero-order valence-electron chi connectivity index (χ0n) is 10.5. The monoisotopic (exact) mass is 228 g/mol. The van der Waals surface area contributed by atoms with E-state index in [9.17, 15) is 0 Å². The molecule has 2 heteroatoms. The summed E-state index contributed by atoms with van der Waals surface area (Å²) in [5, 5.41) is 6.36. The number of benzene rings is 1. The highest BCUT2D eigenvalue weighted by atomic mass is 15.4. The van der Waals surface area contributed by atoms with E-state index in [4.69, 9.17) is 0 Å². The summed E-state index contributed by atoms with van der Waals surface area (Å²) in [6.45, 7) is 10.8. The van der Waals surface area contributed by atoms with E-state index in [0.717, 1.165) is 19.5 Å². The van der Waals surface area contributed by atoms with E-state index >= 15 is 0 Å². The lowest BCUT2D eigenvalue weighted by Gasteiger charge is -2.25. The minimum absolute atomic E-state index is 0.917. The van der Waals surface area contributed by atoms with Crippen LogP contribution in [0.15, 0.2) is 54.7 Å². The number of fused-ring (bicyclic) bond motifs is 1. The van der Waals surface area contributed by atoms with Crippen LogP contribution < -0.4 is 0 Å². The number of hydrazone groups is 1. The third-order valence-electron chi connectivity index (χ3n) is 2.45. The van der Waals surface area contributed by atoms with Gasteiger partial charge in [-0.25, -0.2) is 0 Å². The zero-order valence-corrected chi connectivity index (χ0v) is 10.5. The lowest BCUT2D eigenvalue weighted by molar-refractivity contribution is 0.269. The van der Waals surface area contributed by atoms with Crippen molar-refractivity contribution >= 4 is 6.21 Å². The number of allylic oxidation sites excluding steroid dienone is 2. The third kappa shape index (κ3) is 4.27. The topological polar surface area (TPSA) is 15.6 Å². The summed E-state index contributed by atoms with van der Waals surface area (Å²) < 4.78 is 0. The molecule has 0 spiro atoms. The van der Waals surface area contributed by atoms with Crippen molar-refractivity contribution < 1.29 is 0 Å². The zero-order chi connectivity index (χ0) is 12.5. The molecule has 0 fully saturated rings. The smallest absolute Gasteiger partial charge is 0.0613 e. The molecule has 0 aromatic heterocycles. The first-order valence-electron chi connectivity index (χ1n) is 5.85. The first-order chi connectivity index (χ1) is 8.31. The van der Waals surface area contributed by atoms with Crippen LogP contribution in [0, 0.1) is 0 Å². The van der Waals surface area contributed by atoms with Crippen LogP contribution in [-0.2, 0) is 13.0 Å². The molecule has 0 unspecified atom stereocenters. The number of hydrogen-bond acceptors (Lipinski definition) is 2. The van der Waals surface area contributed by atoms with Gasteiger partial charge in [0.15, 0.2) is 0 Å². The van der Waals surface area contributed by atoms with Gasteiger partial charge in [0.2, 0.25) is 0 Å². The molecule has 17 heavy (non-hydrogen) atoms. The molecular formula is C15H20N2. The molecule has 1 aliphatic heterocycles. The van der Waals surface area contributed by atoms with Gasteiger partial charge in [0.25, 0.3) is 0 Å². The Labute approximate surface area is 104 Å².